The van der Waals surface area contributed by atoms with Gasteiger partial charge in [-0.3, -0.25) is 9.59 Å². The molecular formula is C24H20IN3O5. The number of carbonyl (C=O) groups is 3. The Hall–Kier alpha value is -3.73. The van der Waals surface area contributed by atoms with Crippen LogP contribution < -0.4 is 20.2 Å². The molecule has 3 aromatic rings. The van der Waals surface area contributed by atoms with Crippen molar-refractivity contribution in [3.05, 3.63) is 93.1 Å². The van der Waals surface area contributed by atoms with Gasteiger partial charge in [0.2, 0.25) is 0 Å². The van der Waals surface area contributed by atoms with Gasteiger partial charge in [0.1, 0.15) is 11.5 Å². The summed E-state index contributed by atoms with van der Waals surface area (Å²) in [5.74, 6) is -0.265. The Labute approximate surface area is 204 Å². The minimum absolute atomic E-state index is 0.207. The number of methoxy groups -OCH3 is 1. The Morgan fingerprint density at radius 3 is 2.27 bits per heavy atom. The van der Waals surface area contributed by atoms with Crippen LogP contribution in [0.15, 0.2) is 77.9 Å². The lowest BCUT2D eigenvalue weighted by atomic mass is 10.2. The highest BCUT2D eigenvalue weighted by Gasteiger charge is 2.11. The number of halogens is 1. The first kappa shape index (κ1) is 23.9. The molecule has 0 aliphatic heterocycles. The number of carbonyl (C=O) groups excluding carboxylic acids is 3. The monoisotopic (exact) mass is 557 g/mol. The van der Waals surface area contributed by atoms with Crippen LogP contribution in [0.5, 0.6) is 11.5 Å². The quantitative estimate of drug-likeness (QED) is 0.145. The zero-order chi connectivity index (χ0) is 23.6. The van der Waals surface area contributed by atoms with Crippen molar-refractivity contribution in [3.8, 4) is 11.5 Å². The van der Waals surface area contributed by atoms with E-state index in [1.807, 2.05) is 12.1 Å². The van der Waals surface area contributed by atoms with E-state index in [-0.39, 0.29) is 12.5 Å². The summed E-state index contributed by atoms with van der Waals surface area (Å²) in [5.41, 5.74) is 3.93. The molecule has 0 fully saturated rings. The molecule has 0 heterocycles. The number of hydrazone groups is 1. The van der Waals surface area contributed by atoms with Gasteiger partial charge in [0, 0.05) is 3.57 Å². The molecule has 2 N–H and O–H groups in total. The van der Waals surface area contributed by atoms with Crippen molar-refractivity contribution in [2.75, 3.05) is 13.7 Å². The van der Waals surface area contributed by atoms with Crippen LogP contribution in [0.2, 0.25) is 0 Å². The molecule has 8 nitrogen and oxygen atoms in total. The highest BCUT2D eigenvalue weighted by Crippen LogP contribution is 2.16. The molecular weight excluding hydrogens is 537 g/mol. The van der Waals surface area contributed by atoms with Crippen LogP contribution in [-0.2, 0) is 4.79 Å². The van der Waals surface area contributed by atoms with Crippen LogP contribution in [0, 0.1) is 3.57 Å². The SMILES string of the molecule is COc1ccc(C(=O)Oc2ccc(/C=N\NC(=O)CNC(=O)c3ccccc3I)cc2)cc1. The average molecular weight is 557 g/mol. The lowest BCUT2D eigenvalue weighted by Gasteiger charge is -2.06. The Bertz CT molecular complexity index is 1160. The molecule has 0 saturated heterocycles. The summed E-state index contributed by atoms with van der Waals surface area (Å²) in [6.45, 7) is -0.207. The molecule has 9 heteroatoms. The number of nitrogens with zero attached hydrogens (tertiary/aromatic N) is 1. The summed E-state index contributed by atoms with van der Waals surface area (Å²) in [5, 5.41) is 6.42. The number of rotatable bonds is 8. The number of hydrogen-bond acceptors (Lipinski definition) is 6. The summed E-state index contributed by atoms with van der Waals surface area (Å²) in [7, 11) is 1.55. The smallest absolute Gasteiger partial charge is 0.343 e. The fraction of sp³-hybridized carbons (Fsp3) is 0.0833. The predicted octanol–water partition coefficient (Wildman–Crippen LogP) is 3.40. The molecule has 2 amide bonds. The third kappa shape index (κ3) is 7.14. The standard InChI is InChI=1S/C24H20IN3O5/c1-32-18-12-8-17(9-13-18)24(31)33-19-10-6-16(7-11-19)14-27-28-22(29)15-26-23(30)20-4-2-3-5-21(20)25/h2-14H,15H2,1H3,(H,26,30)(H,28,29)/b27-14-. The molecule has 0 aliphatic carbocycles. The summed E-state index contributed by atoms with van der Waals surface area (Å²) in [6.07, 6.45) is 1.44. The first-order valence-electron chi connectivity index (χ1n) is 9.77. The molecule has 0 unspecified atom stereocenters. The van der Waals surface area contributed by atoms with E-state index in [0.717, 1.165) is 3.57 Å². The first-order chi connectivity index (χ1) is 16.0. The molecule has 0 bridgehead atoms. The number of esters is 1. The largest absolute Gasteiger partial charge is 0.497 e. The highest BCUT2D eigenvalue weighted by atomic mass is 127. The van der Waals surface area contributed by atoms with E-state index in [2.05, 4.69) is 38.4 Å². The van der Waals surface area contributed by atoms with Crippen molar-refractivity contribution in [3.63, 3.8) is 0 Å². The van der Waals surface area contributed by atoms with Crippen LogP contribution in [0.25, 0.3) is 0 Å². The van der Waals surface area contributed by atoms with Gasteiger partial charge in [-0.25, -0.2) is 10.2 Å². The van der Waals surface area contributed by atoms with Crippen LogP contribution in [0.1, 0.15) is 26.3 Å². The van der Waals surface area contributed by atoms with E-state index in [0.29, 0.717) is 28.2 Å². The summed E-state index contributed by atoms with van der Waals surface area (Å²) < 4.78 is 11.2. The summed E-state index contributed by atoms with van der Waals surface area (Å²) in [4.78, 5) is 36.2. The zero-order valence-electron chi connectivity index (χ0n) is 17.6. The zero-order valence-corrected chi connectivity index (χ0v) is 19.7. The normalized spacial score (nSPS) is 10.5. The number of ether oxygens (including phenoxy) is 2. The highest BCUT2D eigenvalue weighted by molar-refractivity contribution is 14.1. The topological polar surface area (TPSA) is 106 Å². The van der Waals surface area contributed by atoms with Gasteiger partial charge in [-0.05, 0) is 88.8 Å². The second kappa shape index (κ2) is 11.8. The maximum Gasteiger partial charge on any atom is 0.343 e. The average Bonchev–Trinajstić information content (AvgIpc) is 2.84. The number of amides is 2. The Morgan fingerprint density at radius 1 is 0.939 bits per heavy atom. The third-order valence-electron chi connectivity index (χ3n) is 4.35. The minimum Gasteiger partial charge on any atom is -0.497 e. The summed E-state index contributed by atoms with van der Waals surface area (Å²) >= 11 is 2.06. The molecule has 0 spiro atoms. The maximum absolute atomic E-state index is 12.2. The number of nitrogens with one attached hydrogen (secondary N) is 2. The fourth-order valence-corrected chi connectivity index (χ4v) is 3.27. The van der Waals surface area contributed by atoms with Crippen LogP contribution in [0.3, 0.4) is 0 Å². The lowest BCUT2D eigenvalue weighted by Crippen LogP contribution is -2.35. The van der Waals surface area contributed by atoms with Crippen LogP contribution >= 0.6 is 22.6 Å². The van der Waals surface area contributed by atoms with Gasteiger partial charge in [0.05, 0.1) is 31.0 Å². The maximum atomic E-state index is 12.2. The number of hydrogen-bond donors (Lipinski definition) is 2. The van der Waals surface area contributed by atoms with E-state index in [1.165, 1.54) is 6.21 Å². The molecule has 0 aromatic heterocycles. The number of benzene rings is 3. The van der Waals surface area contributed by atoms with E-state index in [4.69, 9.17) is 9.47 Å². The Kier molecular flexibility index (Phi) is 8.53. The molecule has 3 rings (SSSR count). The van der Waals surface area contributed by atoms with Crippen molar-refractivity contribution in [2.45, 2.75) is 0 Å². The van der Waals surface area contributed by atoms with Gasteiger partial charge in [0.15, 0.2) is 0 Å². The van der Waals surface area contributed by atoms with E-state index in [9.17, 15) is 14.4 Å². The van der Waals surface area contributed by atoms with Crippen molar-refractivity contribution in [1.82, 2.24) is 10.7 Å². The van der Waals surface area contributed by atoms with E-state index in [1.54, 1.807) is 67.8 Å². The van der Waals surface area contributed by atoms with Crippen molar-refractivity contribution >= 4 is 46.6 Å². The third-order valence-corrected chi connectivity index (χ3v) is 5.29. The van der Waals surface area contributed by atoms with Gasteiger partial charge in [-0.15, -0.1) is 0 Å². The second-order valence-electron chi connectivity index (χ2n) is 6.64. The molecule has 33 heavy (non-hydrogen) atoms. The van der Waals surface area contributed by atoms with Crippen molar-refractivity contribution in [2.24, 2.45) is 5.10 Å². The van der Waals surface area contributed by atoms with Gasteiger partial charge in [-0.1, -0.05) is 12.1 Å². The van der Waals surface area contributed by atoms with Crippen molar-refractivity contribution in [1.29, 1.82) is 0 Å². The molecule has 0 atom stereocenters. The van der Waals surface area contributed by atoms with Gasteiger partial charge in [-0.2, -0.15) is 5.10 Å². The van der Waals surface area contributed by atoms with Gasteiger partial charge < -0.3 is 14.8 Å². The minimum atomic E-state index is -0.487. The Balaban J connectivity index is 1.45. The van der Waals surface area contributed by atoms with Gasteiger partial charge in [0.25, 0.3) is 11.8 Å². The van der Waals surface area contributed by atoms with Gasteiger partial charge >= 0.3 is 5.97 Å². The first-order valence-corrected chi connectivity index (χ1v) is 10.8. The van der Waals surface area contributed by atoms with Crippen LogP contribution in [-0.4, -0.2) is 37.7 Å². The molecule has 0 saturated carbocycles. The Morgan fingerprint density at radius 2 is 1.61 bits per heavy atom. The van der Waals surface area contributed by atoms with E-state index < -0.39 is 11.9 Å². The van der Waals surface area contributed by atoms with Crippen molar-refractivity contribution < 1.29 is 23.9 Å². The molecule has 0 radical (unpaired) electrons. The van der Waals surface area contributed by atoms with E-state index >= 15 is 0 Å². The second-order valence-corrected chi connectivity index (χ2v) is 7.80. The molecule has 3 aromatic carbocycles. The fourth-order valence-electron chi connectivity index (χ4n) is 2.63. The summed E-state index contributed by atoms with van der Waals surface area (Å²) in [6, 6.07) is 20.3. The molecule has 0 aliphatic rings. The predicted molar refractivity (Wildman–Crippen MR) is 132 cm³/mol. The molecule has 168 valence electrons. The lowest BCUT2D eigenvalue weighted by molar-refractivity contribution is -0.120. The van der Waals surface area contributed by atoms with Crippen LogP contribution in [0.4, 0.5) is 0 Å².